The van der Waals surface area contributed by atoms with Crippen LogP contribution in [-0.2, 0) is 9.47 Å². The van der Waals surface area contributed by atoms with Crippen molar-refractivity contribution in [3.8, 4) is 0 Å². The van der Waals surface area contributed by atoms with Crippen LogP contribution in [0.3, 0.4) is 0 Å². The van der Waals surface area contributed by atoms with Crippen LogP contribution in [0.1, 0.15) is 33.4 Å². The summed E-state index contributed by atoms with van der Waals surface area (Å²) in [5.41, 5.74) is 0.892. The lowest BCUT2D eigenvalue weighted by molar-refractivity contribution is -0.0430. The van der Waals surface area contributed by atoms with Gasteiger partial charge in [-0.15, -0.1) is 0 Å². The first-order valence-corrected chi connectivity index (χ1v) is 9.28. The van der Waals surface area contributed by atoms with E-state index in [9.17, 15) is 19.8 Å². The number of rotatable bonds is 5. The molecule has 0 bridgehead atoms. The van der Waals surface area contributed by atoms with Gasteiger partial charge in [0.1, 0.15) is 30.1 Å². The fraction of sp³-hybridized carbons (Fsp3) is 0.300. The summed E-state index contributed by atoms with van der Waals surface area (Å²) in [5.74, 6) is -0.890. The molecule has 2 aromatic heterocycles. The van der Waals surface area contributed by atoms with Crippen LogP contribution in [0.2, 0.25) is 0 Å². The first-order chi connectivity index (χ1) is 14.5. The van der Waals surface area contributed by atoms with Gasteiger partial charge in [-0.25, -0.2) is 14.8 Å². The Balaban J connectivity index is 1.78. The van der Waals surface area contributed by atoms with Crippen LogP contribution in [0, 0.1) is 0 Å². The maximum Gasteiger partial charge on any atom is 0.340 e. The molecule has 3 N–H and O–H groups in total. The monoisotopic (exact) mass is 412 g/mol. The minimum atomic E-state index is -0.863. The Morgan fingerprint density at radius 1 is 1.30 bits per heavy atom. The zero-order chi connectivity index (χ0) is 21.3. The number of nitrogens with one attached hydrogen (secondary N) is 1. The van der Waals surface area contributed by atoms with Crippen molar-refractivity contribution in [2.24, 2.45) is 0 Å². The van der Waals surface area contributed by atoms with Gasteiger partial charge in [-0.1, -0.05) is 18.2 Å². The highest BCUT2D eigenvalue weighted by Gasteiger charge is 2.36. The maximum atomic E-state index is 12.6. The highest BCUT2D eigenvalue weighted by Crippen LogP contribution is 2.35. The minimum absolute atomic E-state index is 0.141. The van der Waals surface area contributed by atoms with E-state index in [0.29, 0.717) is 16.6 Å². The molecule has 1 aromatic carbocycles. The Morgan fingerprint density at radius 3 is 2.73 bits per heavy atom. The van der Waals surface area contributed by atoms with Crippen LogP contribution in [0.5, 0.6) is 0 Å². The number of carbonyl (C=O) groups excluding carboxylic acids is 2. The number of anilines is 1. The molecule has 156 valence electrons. The zero-order valence-corrected chi connectivity index (χ0v) is 16.1. The summed E-state index contributed by atoms with van der Waals surface area (Å²) in [7, 11) is 1.25. The molecule has 0 saturated carbocycles. The fourth-order valence-corrected chi connectivity index (χ4v) is 3.48. The molecule has 0 aliphatic carbocycles. The summed E-state index contributed by atoms with van der Waals surface area (Å²) in [5, 5.41) is 22.4. The van der Waals surface area contributed by atoms with Crippen molar-refractivity contribution >= 4 is 28.7 Å². The third-order valence-corrected chi connectivity index (χ3v) is 4.98. The van der Waals surface area contributed by atoms with Crippen molar-refractivity contribution in [3.63, 3.8) is 0 Å². The lowest BCUT2D eigenvalue weighted by Crippen LogP contribution is -2.24. The van der Waals surface area contributed by atoms with Crippen molar-refractivity contribution in [1.29, 1.82) is 0 Å². The highest BCUT2D eigenvalue weighted by molar-refractivity contribution is 6.12. The van der Waals surface area contributed by atoms with Gasteiger partial charge in [-0.05, 0) is 12.1 Å². The van der Waals surface area contributed by atoms with Crippen molar-refractivity contribution < 1.29 is 29.3 Å². The van der Waals surface area contributed by atoms with Crippen LogP contribution in [0.15, 0.2) is 42.9 Å². The first-order valence-electron chi connectivity index (χ1n) is 9.28. The molecule has 1 saturated heterocycles. The number of hydrogen-bond acceptors (Lipinski definition) is 8. The molecule has 1 amide bonds. The number of aromatic nitrogens is 3. The van der Waals surface area contributed by atoms with E-state index in [1.807, 2.05) is 0 Å². The zero-order valence-electron chi connectivity index (χ0n) is 16.1. The molecular weight excluding hydrogens is 392 g/mol. The third-order valence-electron chi connectivity index (χ3n) is 4.98. The SMILES string of the molecule is COC(=O)c1cn([C@H]2C[C@H](O)[C@@H](CO)O2)c2ncnc(NC(=O)c3ccccc3)c12. The first kappa shape index (κ1) is 20.0. The second-order valence-corrected chi connectivity index (χ2v) is 6.80. The summed E-state index contributed by atoms with van der Waals surface area (Å²) >= 11 is 0. The average molecular weight is 412 g/mol. The number of benzene rings is 1. The number of esters is 1. The molecule has 0 unspecified atom stereocenters. The van der Waals surface area contributed by atoms with Gasteiger partial charge in [-0.2, -0.15) is 0 Å². The topological polar surface area (TPSA) is 136 Å². The molecule has 0 radical (unpaired) electrons. The lowest BCUT2D eigenvalue weighted by atomic mass is 10.2. The molecule has 1 fully saturated rings. The lowest BCUT2D eigenvalue weighted by Gasteiger charge is -2.14. The summed E-state index contributed by atoms with van der Waals surface area (Å²) in [4.78, 5) is 33.4. The van der Waals surface area contributed by atoms with Crippen LogP contribution in [-0.4, -0.2) is 62.5 Å². The standard InChI is InChI=1S/C20H20N4O6/c1-29-20(28)12-8-24(15-7-13(26)14(9-25)30-15)18-16(12)17(21-10-22-18)23-19(27)11-5-3-2-4-6-11/h2-6,8,10,13-15,25-26H,7,9H2,1H3,(H,21,22,23,27)/t13-,14+,15+/m0/s1. The maximum absolute atomic E-state index is 12.6. The molecule has 1 aliphatic heterocycles. The Bertz CT molecular complexity index is 1080. The molecule has 10 heteroatoms. The molecule has 1 aliphatic rings. The number of amides is 1. The second kappa shape index (κ2) is 8.19. The quantitative estimate of drug-likeness (QED) is 0.530. The number of nitrogens with zero attached hydrogens (tertiary/aromatic N) is 3. The van der Waals surface area contributed by atoms with Gasteiger partial charge in [0.15, 0.2) is 0 Å². The van der Waals surface area contributed by atoms with E-state index in [4.69, 9.17) is 9.47 Å². The number of fused-ring (bicyclic) bond motifs is 1. The van der Waals surface area contributed by atoms with Crippen LogP contribution in [0.25, 0.3) is 11.0 Å². The Labute approximate surface area is 171 Å². The van der Waals surface area contributed by atoms with Crippen LogP contribution in [0.4, 0.5) is 5.82 Å². The van der Waals surface area contributed by atoms with Crippen LogP contribution >= 0.6 is 0 Å². The van der Waals surface area contributed by atoms with E-state index in [1.54, 1.807) is 34.9 Å². The molecule has 4 rings (SSSR count). The smallest absolute Gasteiger partial charge is 0.340 e. The van der Waals surface area contributed by atoms with Crippen molar-refractivity contribution in [2.75, 3.05) is 19.0 Å². The van der Waals surface area contributed by atoms with E-state index >= 15 is 0 Å². The number of aliphatic hydroxyl groups is 2. The van der Waals surface area contributed by atoms with E-state index in [-0.39, 0.29) is 24.4 Å². The molecule has 0 spiro atoms. The summed E-state index contributed by atoms with van der Waals surface area (Å²) in [6.07, 6.45) is 0.679. The number of hydrogen-bond donors (Lipinski definition) is 3. The van der Waals surface area contributed by atoms with Crippen LogP contribution < -0.4 is 5.32 Å². The molecule has 3 heterocycles. The number of ether oxygens (including phenoxy) is 2. The molecule has 10 nitrogen and oxygen atoms in total. The van der Waals surface area contributed by atoms with Crippen molar-refractivity contribution in [2.45, 2.75) is 24.9 Å². The van der Waals surface area contributed by atoms with Gasteiger partial charge in [0.05, 0.1) is 30.8 Å². The van der Waals surface area contributed by atoms with Gasteiger partial charge in [0.25, 0.3) is 5.91 Å². The van der Waals surface area contributed by atoms with Crippen molar-refractivity contribution in [1.82, 2.24) is 14.5 Å². The number of carbonyl (C=O) groups is 2. The van der Waals surface area contributed by atoms with E-state index < -0.39 is 30.3 Å². The predicted molar refractivity (Wildman–Crippen MR) is 105 cm³/mol. The van der Waals surface area contributed by atoms with E-state index in [0.717, 1.165) is 0 Å². The fourth-order valence-electron chi connectivity index (χ4n) is 3.48. The predicted octanol–water partition coefficient (Wildman–Crippen LogP) is 1.11. The number of aliphatic hydroxyl groups excluding tert-OH is 2. The molecule has 3 aromatic rings. The minimum Gasteiger partial charge on any atom is -0.465 e. The van der Waals surface area contributed by atoms with Gasteiger partial charge < -0.3 is 29.6 Å². The average Bonchev–Trinajstić information content (AvgIpc) is 3.34. The molecule has 30 heavy (non-hydrogen) atoms. The second-order valence-electron chi connectivity index (χ2n) is 6.80. The van der Waals surface area contributed by atoms with Crippen molar-refractivity contribution in [3.05, 3.63) is 54.0 Å². The largest absolute Gasteiger partial charge is 0.465 e. The molecular formula is C20H20N4O6. The van der Waals surface area contributed by atoms with Gasteiger partial charge >= 0.3 is 5.97 Å². The number of methoxy groups -OCH3 is 1. The summed E-state index contributed by atoms with van der Waals surface area (Å²) in [6.45, 7) is -0.339. The van der Waals surface area contributed by atoms with Gasteiger partial charge in [0.2, 0.25) is 0 Å². The Morgan fingerprint density at radius 2 is 2.07 bits per heavy atom. The summed E-state index contributed by atoms with van der Waals surface area (Å²) < 4.78 is 12.1. The van der Waals surface area contributed by atoms with E-state index in [2.05, 4.69) is 15.3 Å². The normalized spacial score (nSPS) is 21.0. The Hall–Kier alpha value is -3.34. The Kier molecular flexibility index (Phi) is 5.44. The van der Waals surface area contributed by atoms with Gasteiger partial charge in [0, 0.05) is 18.2 Å². The van der Waals surface area contributed by atoms with E-state index in [1.165, 1.54) is 19.6 Å². The highest BCUT2D eigenvalue weighted by atomic mass is 16.5. The summed E-state index contributed by atoms with van der Waals surface area (Å²) in [6, 6.07) is 8.58. The van der Waals surface area contributed by atoms with Gasteiger partial charge in [-0.3, -0.25) is 4.79 Å². The third kappa shape index (κ3) is 3.52. The molecule has 3 atom stereocenters.